The minimum absolute atomic E-state index is 0.184. The summed E-state index contributed by atoms with van der Waals surface area (Å²) in [5.41, 5.74) is 3.96. The number of aryl methyl sites for hydroxylation is 1. The number of aromatic nitrogens is 2. The largest absolute Gasteiger partial charge is 0.366 e. The van der Waals surface area contributed by atoms with E-state index in [2.05, 4.69) is 9.62 Å². The second kappa shape index (κ2) is 10.4. The van der Waals surface area contributed by atoms with E-state index < -0.39 is 17.6 Å². The summed E-state index contributed by atoms with van der Waals surface area (Å²) in [5.74, 6) is -0.314. The van der Waals surface area contributed by atoms with Crippen molar-refractivity contribution in [2.45, 2.75) is 38.3 Å². The zero-order valence-electron chi connectivity index (χ0n) is 21.9. The van der Waals surface area contributed by atoms with Gasteiger partial charge in [-0.15, -0.1) is 0 Å². The van der Waals surface area contributed by atoms with Crippen molar-refractivity contribution < 1.29 is 27.2 Å². The highest BCUT2D eigenvalue weighted by Gasteiger charge is 2.34. The number of sulfonamides is 1. The van der Waals surface area contributed by atoms with E-state index in [4.69, 9.17) is 21.2 Å². The Morgan fingerprint density at radius 1 is 1.23 bits per heavy atom. The number of nitrogens with one attached hydrogen (secondary N) is 1. The van der Waals surface area contributed by atoms with E-state index in [0.717, 1.165) is 48.0 Å². The molecule has 1 unspecified atom stereocenters. The van der Waals surface area contributed by atoms with Crippen LogP contribution in [-0.2, 0) is 19.1 Å². The van der Waals surface area contributed by atoms with Crippen LogP contribution < -0.4 is 9.62 Å². The van der Waals surface area contributed by atoms with Crippen LogP contribution in [0.2, 0.25) is 5.02 Å². The fourth-order valence-electron chi connectivity index (χ4n) is 5.24. The number of anilines is 2. The molecule has 2 N–H and O–H groups in total. The number of pyridine rings is 1. The number of halogens is 1. The van der Waals surface area contributed by atoms with Gasteiger partial charge in [0.15, 0.2) is 0 Å². The Kier molecular flexibility index (Phi) is 7.45. The standard InChI is InChI=1S/C25H31ClN5O6PS/c1-16-13-31-18(12-24(16)29-14-19(15-29)37-38(2,33)34)11-22(27-31)23-6-4-5-9-30(23)25(32)20-10-17(26)7-8-21(20)28-39(3,35)36/h7-8,10-13,19,23,28H,4-6,9,14-15H2,1-3H3,(H,33,34)/t23-/m0/s1. The van der Waals surface area contributed by atoms with Gasteiger partial charge in [-0.25, -0.2) is 12.9 Å². The van der Waals surface area contributed by atoms with Crippen LogP contribution in [0.5, 0.6) is 0 Å². The van der Waals surface area contributed by atoms with Gasteiger partial charge in [-0.3, -0.25) is 14.1 Å². The van der Waals surface area contributed by atoms with Gasteiger partial charge in [0.2, 0.25) is 10.0 Å². The molecular formula is C25H31ClN5O6PS. The third kappa shape index (κ3) is 6.25. The summed E-state index contributed by atoms with van der Waals surface area (Å²) in [6, 6.07) is 8.22. The minimum atomic E-state index is -3.60. The van der Waals surface area contributed by atoms with Gasteiger partial charge in [-0.05, 0) is 62.1 Å². The lowest BCUT2D eigenvalue weighted by Crippen LogP contribution is -2.52. The molecule has 39 heavy (non-hydrogen) atoms. The molecule has 2 saturated heterocycles. The van der Waals surface area contributed by atoms with E-state index in [0.29, 0.717) is 24.7 Å². The molecule has 5 rings (SSSR count). The fourth-order valence-corrected chi connectivity index (χ4v) is 6.68. The van der Waals surface area contributed by atoms with Crippen molar-refractivity contribution in [3.8, 4) is 0 Å². The number of benzene rings is 1. The lowest BCUT2D eigenvalue weighted by Gasteiger charge is -2.41. The van der Waals surface area contributed by atoms with Crippen LogP contribution in [0.3, 0.4) is 0 Å². The van der Waals surface area contributed by atoms with Gasteiger partial charge in [-0.1, -0.05) is 11.6 Å². The number of fused-ring (bicyclic) bond motifs is 1. The summed E-state index contributed by atoms with van der Waals surface area (Å²) >= 11 is 6.19. The number of likely N-dealkylation sites (tertiary alicyclic amines) is 1. The molecular weight excluding hydrogens is 565 g/mol. The number of hydrogen-bond donors (Lipinski definition) is 2. The van der Waals surface area contributed by atoms with Crippen molar-refractivity contribution in [1.29, 1.82) is 0 Å². The topological polar surface area (TPSA) is 134 Å². The molecule has 0 saturated carbocycles. The number of hydrogen-bond acceptors (Lipinski definition) is 7. The molecule has 1 amide bonds. The van der Waals surface area contributed by atoms with E-state index in [1.54, 1.807) is 15.5 Å². The van der Waals surface area contributed by atoms with Crippen molar-refractivity contribution in [1.82, 2.24) is 14.5 Å². The Morgan fingerprint density at radius 3 is 2.67 bits per heavy atom. The highest BCUT2D eigenvalue weighted by Crippen LogP contribution is 2.41. The maximum Gasteiger partial charge on any atom is 0.325 e. The van der Waals surface area contributed by atoms with E-state index >= 15 is 0 Å². The van der Waals surface area contributed by atoms with Gasteiger partial charge in [0, 0.05) is 43.2 Å². The number of rotatable bonds is 7. The van der Waals surface area contributed by atoms with Gasteiger partial charge >= 0.3 is 7.60 Å². The summed E-state index contributed by atoms with van der Waals surface area (Å²) in [6.07, 6.45) is 5.15. The molecule has 0 aliphatic carbocycles. The zero-order valence-corrected chi connectivity index (χ0v) is 24.3. The van der Waals surface area contributed by atoms with Crippen LogP contribution in [0.15, 0.2) is 36.5 Å². The first-order valence-electron chi connectivity index (χ1n) is 12.6. The number of nitrogens with zero attached hydrogens (tertiary/aromatic N) is 4. The first kappa shape index (κ1) is 27.9. The summed E-state index contributed by atoms with van der Waals surface area (Å²) in [6.45, 7) is 4.71. The summed E-state index contributed by atoms with van der Waals surface area (Å²) in [5, 5.41) is 5.14. The molecule has 0 radical (unpaired) electrons. The minimum Gasteiger partial charge on any atom is -0.366 e. The Balaban J connectivity index is 1.42. The van der Waals surface area contributed by atoms with Gasteiger partial charge in [-0.2, -0.15) is 5.10 Å². The quantitative estimate of drug-likeness (QED) is 0.391. The number of carbonyl (C=O) groups excluding carboxylic acids is 1. The highest BCUT2D eigenvalue weighted by atomic mass is 35.5. The number of carbonyl (C=O) groups is 1. The molecule has 4 heterocycles. The van der Waals surface area contributed by atoms with E-state index in [9.17, 15) is 22.7 Å². The molecule has 11 nitrogen and oxygen atoms in total. The van der Waals surface area contributed by atoms with Crippen LogP contribution in [0.4, 0.5) is 11.4 Å². The SMILES string of the molecule is Cc1cn2nc([C@@H]3CCCCN3C(=O)c3cc(Cl)ccc3NS(C)(=O)=O)cc2cc1N1CC(OP(C)(=O)O)C1. The van der Waals surface area contributed by atoms with Crippen molar-refractivity contribution >= 4 is 52.0 Å². The Bertz CT molecular complexity index is 1580. The molecule has 3 aromatic rings. The average molecular weight is 596 g/mol. The van der Waals surface area contributed by atoms with E-state index in [-0.39, 0.29) is 29.3 Å². The van der Waals surface area contributed by atoms with Gasteiger partial charge < -0.3 is 19.2 Å². The maximum absolute atomic E-state index is 13.8. The predicted molar refractivity (Wildman–Crippen MR) is 150 cm³/mol. The van der Waals surface area contributed by atoms with Gasteiger partial charge in [0.05, 0.1) is 34.8 Å². The Labute approximate surface area is 232 Å². The molecule has 2 aliphatic rings. The Hall–Kier alpha value is -2.63. The molecule has 2 atom stereocenters. The van der Waals surface area contributed by atoms with Gasteiger partial charge in [0.1, 0.15) is 6.10 Å². The molecule has 0 spiro atoms. The predicted octanol–water partition coefficient (Wildman–Crippen LogP) is 4.06. The highest BCUT2D eigenvalue weighted by molar-refractivity contribution is 7.92. The smallest absolute Gasteiger partial charge is 0.325 e. The van der Waals surface area contributed by atoms with Crippen LogP contribution in [-0.4, -0.2) is 72.4 Å². The molecule has 0 bridgehead atoms. The van der Waals surface area contributed by atoms with Crippen molar-refractivity contribution in [3.63, 3.8) is 0 Å². The first-order chi connectivity index (χ1) is 18.3. The average Bonchev–Trinajstić information content (AvgIpc) is 3.22. The maximum atomic E-state index is 13.8. The molecule has 2 fully saturated rings. The lowest BCUT2D eigenvalue weighted by molar-refractivity contribution is 0.0606. The summed E-state index contributed by atoms with van der Waals surface area (Å²) < 4.78 is 44.8. The van der Waals surface area contributed by atoms with Crippen LogP contribution in [0.1, 0.15) is 46.9 Å². The molecule has 2 aromatic heterocycles. The van der Waals surface area contributed by atoms with Crippen molar-refractivity contribution in [3.05, 3.63) is 58.4 Å². The lowest BCUT2D eigenvalue weighted by atomic mass is 9.97. The van der Waals surface area contributed by atoms with E-state index in [1.165, 1.54) is 18.8 Å². The second-order valence-corrected chi connectivity index (χ2v) is 14.3. The van der Waals surface area contributed by atoms with Crippen molar-refractivity contribution in [2.75, 3.05) is 42.2 Å². The van der Waals surface area contributed by atoms with Crippen LogP contribution in [0.25, 0.3) is 5.52 Å². The van der Waals surface area contributed by atoms with Crippen LogP contribution >= 0.6 is 19.2 Å². The Morgan fingerprint density at radius 2 is 1.97 bits per heavy atom. The monoisotopic (exact) mass is 595 g/mol. The third-order valence-corrected chi connectivity index (χ3v) is 8.45. The van der Waals surface area contributed by atoms with Crippen LogP contribution in [0, 0.1) is 6.92 Å². The zero-order chi connectivity index (χ0) is 28.1. The molecule has 14 heteroatoms. The number of piperidine rings is 1. The summed E-state index contributed by atoms with van der Waals surface area (Å²) in [7, 11) is -7.14. The second-order valence-electron chi connectivity index (χ2n) is 10.3. The number of amides is 1. The molecule has 2 aliphatic heterocycles. The molecule has 210 valence electrons. The first-order valence-corrected chi connectivity index (χ1v) is 16.9. The van der Waals surface area contributed by atoms with Crippen molar-refractivity contribution in [2.24, 2.45) is 0 Å². The van der Waals surface area contributed by atoms with Gasteiger partial charge in [0.25, 0.3) is 5.91 Å². The summed E-state index contributed by atoms with van der Waals surface area (Å²) in [4.78, 5) is 27.1. The normalized spacial score (nSPS) is 20.1. The third-order valence-electron chi connectivity index (χ3n) is 6.93. The van der Waals surface area contributed by atoms with E-state index in [1.807, 2.05) is 25.3 Å². The fraction of sp³-hybridized carbons (Fsp3) is 0.440. The molecule has 1 aromatic carbocycles.